The zero-order valence-electron chi connectivity index (χ0n) is 8.39. The van der Waals surface area contributed by atoms with E-state index in [4.69, 9.17) is 11.6 Å². The van der Waals surface area contributed by atoms with Crippen molar-refractivity contribution in [3.05, 3.63) is 22.7 Å². The third kappa shape index (κ3) is 2.06. The topological polar surface area (TPSA) is 25.8 Å². The van der Waals surface area contributed by atoms with E-state index < -0.39 is 0 Å². The number of aryl methyl sites for hydroxylation is 1. The minimum atomic E-state index is 0.538. The van der Waals surface area contributed by atoms with Crippen LogP contribution in [0.15, 0.2) is 0 Å². The highest BCUT2D eigenvalue weighted by atomic mass is 35.5. The lowest BCUT2D eigenvalue weighted by Gasteiger charge is -2.20. The standard InChI is InChI=1S/C11H14ClN2/c1-8-10(12)7-13-11(14-8)9-5-3-2-4-6-9/h9H,2-6H2,1H3. The van der Waals surface area contributed by atoms with E-state index in [9.17, 15) is 0 Å². The minimum absolute atomic E-state index is 0.538. The summed E-state index contributed by atoms with van der Waals surface area (Å²) in [4.78, 5) is 8.62. The predicted molar refractivity (Wildman–Crippen MR) is 56.4 cm³/mol. The second-order valence-electron chi connectivity index (χ2n) is 3.93. The Hall–Kier alpha value is -0.630. The van der Waals surface area contributed by atoms with Gasteiger partial charge in [-0.15, -0.1) is 0 Å². The zero-order chi connectivity index (χ0) is 9.97. The minimum Gasteiger partial charge on any atom is -0.236 e. The summed E-state index contributed by atoms with van der Waals surface area (Å²) in [5.74, 6) is 1.47. The number of aromatic nitrogens is 2. The molecule has 1 aliphatic carbocycles. The molecule has 2 rings (SSSR count). The first-order chi connectivity index (χ1) is 6.77. The first-order valence-corrected chi connectivity index (χ1v) is 5.57. The van der Waals surface area contributed by atoms with Crippen molar-refractivity contribution in [2.45, 2.75) is 44.9 Å². The molecule has 1 saturated carbocycles. The molecule has 1 radical (unpaired) electrons. The van der Waals surface area contributed by atoms with Crippen LogP contribution in [0.4, 0.5) is 0 Å². The van der Waals surface area contributed by atoms with Gasteiger partial charge in [0.05, 0.1) is 10.7 Å². The van der Waals surface area contributed by atoms with Crippen molar-refractivity contribution in [1.29, 1.82) is 0 Å². The lowest BCUT2D eigenvalue weighted by Crippen LogP contribution is -2.09. The Balaban J connectivity index is 2.18. The fourth-order valence-electron chi connectivity index (χ4n) is 1.98. The number of nitrogens with zero attached hydrogens (tertiary/aromatic N) is 2. The average molecular weight is 210 g/mol. The Morgan fingerprint density at radius 1 is 1.29 bits per heavy atom. The smallest absolute Gasteiger partial charge is 0.132 e. The quantitative estimate of drug-likeness (QED) is 0.710. The van der Waals surface area contributed by atoms with Crippen molar-refractivity contribution in [2.24, 2.45) is 0 Å². The van der Waals surface area contributed by atoms with Crippen LogP contribution in [0.3, 0.4) is 0 Å². The zero-order valence-corrected chi connectivity index (χ0v) is 9.14. The maximum atomic E-state index is 5.84. The Kier molecular flexibility index (Phi) is 3.02. The maximum Gasteiger partial charge on any atom is 0.132 e. The van der Waals surface area contributed by atoms with Crippen LogP contribution in [0.2, 0.25) is 5.02 Å². The van der Waals surface area contributed by atoms with Crippen LogP contribution in [0.5, 0.6) is 0 Å². The largest absolute Gasteiger partial charge is 0.236 e. The molecule has 0 spiro atoms. The summed E-state index contributed by atoms with van der Waals surface area (Å²) >= 11 is 5.84. The summed E-state index contributed by atoms with van der Waals surface area (Å²) in [5, 5.41) is 0.546. The van der Waals surface area contributed by atoms with Crippen molar-refractivity contribution in [3.63, 3.8) is 0 Å². The van der Waals surface area contributed by atoms with Crippen LogP contribution in [-0.2, 0) is 0 Å². The van der Waals surface area contributed by atoms with Crippen molar-refractivity contribution in [2.75, 3.05) is 0 Å². The summed E-state index contributed by atoms with van der Waals surface area (Å²) in [6.07, 6.45) is 9.21. The molecule has 0 aromatic carbocycles. The summed E-state index contributed by atoms with van der Waals surface area (Å²) < 4.78 is 0. The average Bonchev–Trinajstić information content (AvgIpc) is 2.23. The van der Waals surface area contributed by atoms with E-state index in [2.05, 4.69) is 16.2 Å². The lowest BCUT2D eigenvalue weighted by molar-refractivity contribution is 0.428. The monoisotopic (exact) mass is 209 g/mol. The fourth-order valence-corrected chi connectivity index (χ4v) is 2.06. The van der Waals surface area contributed by atoms with Gasteiger partial charge < -0.3 is 0 Å². The molecule has 1 aliphatic rings. The fraction of sp³-hybridized carbons (Fsp3) is 0.636. The van der Waals surface area contributed by atoms with Crippen molar-refractivity contribution in [1.82, 2.24) is 9.97 Å². The van der Waals surface area contributed by atoms with E-state index in [0.717, 1.165) is 11.5 Å². The Labute approximate surface area is 89.7 Å². The predicted octanol–water partition coefficient (Wildman–Crippen LogP) is 3.29. The normalized spacial score (nSPS) is 18.4. The Morgan fingerprint density at radius 3 is 2.64 bits per heavy atom. The third-order valence-corrected chi connectivity index (χ3v) is 3.20. The third-order valence-electron chi connectivity index (χ3n) is 2.84. The van der Waals surface area contributed by atoms with Crippen LogP contribution >= 0.6 is 11.6 Å². The SMILES string of the molecule is Cc1nc(C2CCCCC2)n[c]c1Cl. The molecular weight excluding hydrogens is 196 g/mol. The molecule has 0 unspecified atom stereocenters. The molecule has 1 aromatic heterocycles. The van der Waals surface area contributed by atoms with Gasteiger partial charge in [-0.1, -0.05) is 30.9 Å². The number of hydrogen-bond donors (Lipinski definition) is 0. The second kappa shape index (κ2) is 4.26. The van der Waals surface area contributed by atoms with Crippen LogP contribution in [0, 0.1) is 13.1 Å². The molecule has 0 aliphatic heterocycles. The Morgan fingerprint density at radius 2 is 2.00 bits per heavy atom. The number of halogens is 1. The second-order valence-corrected chi connectivity index (χ2v) is 4.31. The van der Waals surface area contributed by atoms with Gasteiger partial charge in [-0.25, -0.2) is 9.97 Å². The van der Waals surface area contributed by atoms with Crippen molar-refractivity contribution in [3.8, 4) is 0 Å². The van der Waals surface area contributed by atoms with Crippen LogP contribution in [0.25, 0.3) is 0 Å². The highest BCUT2D eigenvalue weighted by molar-refractivity contribution is 6.30. The van der Waals surface area contributed by atoms with E-state index >= 15 is 0 Å². The number of rotatable bonds is 1. The number of hydrogen-bond acceptors (Lipinski definition) is 2. The molecule has 3 heteroatoms. The molecule has 1 fully saturated rings. The van der Waals surface area contributed by atoms with Gasteiger partial charge in [-0.2, -0.15) is 0 Å². The summed E-state index contributed by atoms with van der Waals surface area (Å²) in [6.45, 7) is 1.91. The van der Waals surface area contributed by atoms with E-state index in [-0.39, 0.29) is 0 Å². The molecule has 0 bridgehead atoms. The van der Waals surface area contributed by atoms with E-state index in [1.165, 1.54) is 32.1 Å². The van der Waals surface area contributed by atoms with Gasteiger partial charge in [0.25, 0.3) is 0 Å². The van der Waals surface area contributed by atoms with Gasteiger partial charge in [0.1, 0.15) is 12.0 Å². The van der Waals surface area contributed by atoms with Gasteiger partial charge in [-0.3, -0.25) is 0 Å². The molecule has 1 heterocycles. The lowest BCUT2D eigenvalue weighted by atomic mass is 9.89. The molecule has 0 N–H and O–H groups in total. The molecule has 2 nitrogen and oxygen atoms in total. The van der Waals surface area contributed by atoms with Gasteiger partial charge >= 0.3 is 0 Å². The molecule has 0 atom stereocenters. The molecule has 0 amide bonds. The summed E-state index contributed by atoms with van der Waals surface area (Å²) in [6, 6.07) is 0. The van der Waals surface area contributed by atoms with Gasteiger partial charge in [0.2, 0.25) is 0 Å². The van der Waals surface area contributed by atoms with Gasteiger partial charge in [0, 0.05) is 5.92 Å². The maximum absolute atomic E-state index is 5.84. The summed E-state index contributed by atoms with van der Waals surface area (Å²) in [5.41, 5.74) is 0.849. The van der Waals surface area contributed by atoms with E-state index in [0.29, 0.717) is 10.9 Å². The first-order valence-electron chi connectivity index (χ1n) is 5.19. The molecule has 1 aromatic rings. The van der Waals surface area contributed by atoms with Gasteiger partial charge in [0.15, 0.2) is 0 Å². The highest BCUT2D eigenvalue weighted by Gasteiger charge is 2.18. The molecule has 75 valence electrons. The molecule has 14 heavy (non-hydrogen) atoms. The van der Waals surface area contributed by atoms with Crippen molar-refractivity contribution < 1.29 is 0 Å². The van der Waals surface area contributed by atoms with Crippen LogP contribution in [-0.4, -0.2) is 9.97 Å². The summed E-state index contributed by atoms with van der Waals surface area (Å²) in [7, 11) is 0. The van der Waals surface area contributed by atoms with E-state index in [1.807, 2.05) is 6.92 Å². The first kappa shape index (κ1) is 9.91. The highest BCUT2D eigenvalue weighted by Crippen LogP contribution is 2.30. The van der Waals surface area contributed by atoms with E-state index in [1.54, 1.807) is 0 Å². The molecular formula is C11H14ClN2. The molecule has 0 saturated heterocycles. The van der Waals surface area contributed by atoms with Crippen LogP contribution in [0.1, 0.15) is 49.5 Å². The van der Waals surface area contributed by atoms with Crippen LogP contribution < -0.4 is 0 Å². The Bertz CT molecular complexity index is 319. The van der Waals surface area contributed by atoms with Crippen molar-refractivity contribution >= 4 is 11.6 Å². The van der Waals surface area contributed by atoms with Gasteiger partial charge in [-0.05, 0) is 19.8 Å².